The maximum absolute atomic E-state index is 13.2. The molecule has 2 N–H and O–H groups in total. The monoisotopic (exact) mass is 439 g/mol. The standard InChI is InChI=1S/C26H37N3O3/c1-25-11-8-20-19-9-12-26(32,10-2-3-15-30)16-18(19)4-5-21(20)22(25)6-7-23(25)24(31)17-29-14-13-27-28-29/h13-14,18-23,30,32H,3-9,11-12,15-17H2,1H3/t18-,19+,20-,21-,22+,23-,25+,26-/m1/s1. The first-order valence-corrected chi connectivity index (χ1v) is 12.6. The van der Waals surface area contributed by atoms with Crippen molar-refractivity contribution < 1.29 is 15.0 Å². The number of hydrogen-bond acceptors (Lipinski definition) is 5. The Bertz CT molecular complexity index is 890. The number of aliphatic hydroxyl groups is 2. The van der Waals surface area contributed by atoms with E-state index in [2.05, 4.69) is 29.1 Å². The van der Waals surface area contributed by atoms with E-state index >= 15 is 0 Å². The number of fused-ring (bicyclic) bond motifs is 5. The molecule has 1 aromatic heterocycles. The van der Waals surface area contributed by atoms with Crippen molar-refractivity contribution in [1.29, 1.82) is 0 Å². The molecule has 0 amide bonds. The number of aliphatic hydroxyl groups excluding tert-OH is 1. The van der Waals surface area contributed by atoms with Gasteiger partial charge in [-0.25, -0.2) is 4.68 Å². The first-order chi connectivity index (χ1) is 15.4. The van der Waals surface area contributed by atoms with E-state index in [-0.39, 0.29) is 17.9 Å². The molecule has 0 radical (unpaired) electrons. The van der Waals surface area contributed by atoms with Crippen molar-refractivity contribution in [2.75, 3.05) is 6.61 Å². The summed E-state index contributed by atoms with van der Waals surface area (Å²) in [5.41, 5.74) is -0.741. The molecule has 4 fully saturated rings. The third-order valence-electron chi connectivity index (χ3n) is 9.75. The molecule has 0 aromatic carbocycles. The Morgan fingerprint density at radius 2 is 1.97 bits per heavy atom. The second kappa shape index (κ2) is 8.57. The second-order valence-electron chi connectivity index (χ2n) is 11.2. The van der Waals surface area contributed by atoms with Gasteiger partial charge in [0.25, 0.3) is 0 Å². The van der Waals surface area contributed by atoms with Gasteiger partial charge < -0.3 is 10.2 Å². The molecule has 8 atom stereocenters. The van der Waals surface area contributed by atoms with Gasteiger partial charge in [-0.2, -0.15) is 0 Å². The van der Waals surface area contributed by atoms with Crippen molar-refractivity contribution >= 4 is 5.78 Å². The van der Waals surface area contributed by atoms with Crippen LogP contribution in [0.3, 0.4) is 0 Å². The summed E-state index contributed by atoms with van der Waals surface area (Å²) in [7, 11) is 0. The normalized spacial score (nSPS) is 42.8. The molecule has 6 nitrogen and oxygen atoms in total. The van der Waals surface area contributed by atoms with Crippen molar-refractivity contribution in [3.8, 4) is 11.8 Å². The van der Waals surface area contributed by atoms with Crippen LogP contribution in [0.15, 0.2) is 12.4 Å². The minimum Gasteiger partial charge on any atom is -0.395 e. The van der Waals surface area contributed by atoms with Crippen LogP contribution in [0.5, 0.6) is 0 Å². The number of carbonyl (C=O) groups excluding carboxylic acids is 1. The van der Waals surface area contributed by atoms with Crippen LogP contribution < -0.4 is 0 Å². The van der Waals surface area contributed by atoms with Gasteiger partial charge in [-0.1, -0.05) is 24.0 Å². The Morgan fingerprint density at radius 1 is 1.12 bits per heavy atom. The third kappa shape index (κ3) is 3.82. The third-order valence-corrected chi connectivity index (χ3v) is 9.75. The molecular weight excluding hydrogens is 402 g/mol. The smallest absolute Gasteiger partial charge is 0.157 e. The maximum Gasteiger partial charge on any atom is 0.157 e. The molecular formula is C26H37N3O3. The van der Waals surface area contributed by atoms with Crippen molar-refractivity contribution in [3.63, 3.8) is 0 Å². The molecule has 174 valence electrons. The van der Waals surface area contributed by atoms with Gasteiger partial charge in [-0.15, -0.1) is 5.10 Å². The van der Waals surface area contributed by atoms with Crippen molar-refractivity contribution in [2.45, 2.75) is 83.3 Å². The minimum atomic E-state index is -0.863. The van der Waals surface area contributed by atoms with Crippen LogP contribution in [0, 0.1) is 52.8 Å². The molecule has 1 aromatic rings. The van der Waals surface area contributed by atoms with Gasteiger partial charge in [-0.05, 0) is 92.8 Å². The summed E-state index contributed by atoms with van der Waals surface area (Å²) < 4.78 is 1.67. The largest absolute Gasteiger partial charge is 0.395 e. The number of carbonyl (C=O) groups is 1. The Labute approximate surface area is 191 Å². The molecule has 4 saturated carbocycles. The first kappa shape index (κ1) is 22.1. The Hall–Kier alpha value is -1.71. The fourth-order valence-electron chi connectivity index (χ4n) is 8.39. The van der Waals surface area contributed by atoms with E-state index in [1.807, 2.05) is 0 Å². The number of aromatic nitrogens is 3. The van der Waals surface area contributed by atoms with Crippen molar-refractivity contribution in [1.82, 2.24) is 15.0 Å². The van der Waals surface area contributed by atoms with Gasteiger partial charge in [-0.3, -0.25) is 4.79 Å². The molecule has 0 bridgehead atoms. The fraction of sp³-hybridized carbons (Fsp3) is 0.808. The molecule has 0 spiro atoms. The van der Waals surface area contributed by atoms with Gasteiger partial charge in [0, 0.05) is 18.5 Å². The topological polar surface area (TPSA) is 88.2 Å². The van der Waals surface area contributed by atoms with Crippen molar-refractivity contribution in [2.24, 2.45) is 40.9 Å². The molecule has 4 aliphatic rings. The zero-order valence-corrected chi connectivity index (χ0v) is 19.2. The summed E-state index contributed by atoms with van der Waals surface area (Å²) >= 11 is 0. The fourth-order valence-corrected chi connectivity index (χ4v) is 8.39. The van der Waals surface area contributed by atoms with Gasteiger partial charge in [0.05, 0.1) is 12.8 Å². The highest BCUT2D eigenvalue weighted by molar-refractivity contribution is 5.82. The number of ketones is 1. The number of rotatable bonds is 4. The zero-order valence-electron chi connectivity index (χ0n) is 19.2. The maximum atomic E-state index is 13.2. The quantitative estimate of drug-likeness (QED) is 0.703. The van der Waals surface area contributed by atoms with E-state index in [9.17, 15) is 9.90 Å². The Morgan fingerprint density at radius 3 is 2.75 bits per heavy atom. The average molecular weight is 440 g/mol. The average Bonchev–Trinajstić information content (AvgIpc) is 3.40. The van der Waals surface area contributed by atoms with E-state index in [4.69, 9.17) is 5.11 Å². The number of hydrogen-bond donors (Lipinski definition) is 2. The van der Waals surface area contributed by atoms with Crippen molar-refractivity contribution in [3.05, 3.63) is 12.4 Å². The molecule has 1 heterocycles. The highest BCUT2D eigenvalue weighted by Gasteiger charge is 2.58. The predicted molar refractivity (Wildman–Crippen MR) is 120 cm³/mol. The van der Waals surface area contributed by atoms with Crippen LogP contribution in [-0.4, -0.2) is 43.2 Å². The lowest BCUT2D eigenvalue weighted by Gasteiger charge is -2.56. The van der Waals surface area contributed by atoms with Crippen LogP contribution in [0.1, 0.15) is 71.1 Å². The van der Waals surface area contributed by atoms with Crippen LogP contribution in [0.4, 0.5) is 0 Å². The zero-order chi connectivity index (χ0) is 22.3. The minimum absolute atomic E-state index is 0.0569. The summed E-state index contributed by atoms with van der Waals surface area (Å²) in [6, 6.07) is 0. The molecule has 0 saturated heterocycles. The van der Waals surface area contributed by atoms with Gasteiger partial charge in [0.1, 0.15) is 12.1 Å². The predicted octanol–water partition coefficient (Wildman–Crippen LogP) is 3.23. The van der Waals surface area contributed by atoms with E-state index in [0.717, 1.165) is 43.9 Å². The number of nitrogens with zero attached hydrogens (tertiary/aromatic N) is 3. The molecule has 6 heteroatoms. The first-order valence-electron chi connectivity index (χ1n) is 12.6. The lowest BCUT2D eigenvalue weighted by atomic mass is 9.49. The summed E-state index contributed by atoms with van der Waals surface area (Å²) in [6.45, 7) is 2.80. The molecule has 0 aliphatic heterocycles. The summed E-state index contributed by atoms with van der Waals surface area (Å²) in [5, 5.41) is 27.9. The summed E-state index contributed by atoms with van der Waals surface area (Å²) in [5.74, 6) is 9.91. The highest BCUT2D eigenvalue weighted by atomic mass is 16.3. The van der Waals surface area contributed by atoms with Gasteiger partial charge in [0.2, 0.25) is 0 Å². The second-order valence-corrected chi connectivity index (χ2v) is 11.2. The Kier molecular flexibility index (Phi) is 5.92. The lowest BCUT2D eigenvalue weighted by molar-refractivity contribution is -0.132. The van der Waals surface area contributed by atoms with Crippen LogP contribution >= 0.6 is 0 Å². The van der Waals surface area contributed by atoms with Crippen LogP contribution in [0.2, 0.25) is 0 Å². The SMILES string of the molecule is C[C@]12CC[C@H]3[C@@H](CC[C@@H]4C[C@@](O)(C#CCCO)CC[C@@H]43)[C@@H]1CC[C@@H]2C(=O)Cn1ccnn1. The molecule has 0 unspecified atom stereocenters. The highest BCUT2D eigenvalue weighted by Crippen LogP contribution is 2.64. The molecule has 32 heavy (non-hydrogen) atoms. The van der Waals surface area contributed by atoms with Crippen LogP contribution in [0.25, 0.3) is 0 Å². The lowest BCUT2D eigenvalue weighted by Crippen LogP contribution is -2.51. The van der Waals surface area contributed by atoms with E-state index in [1.165, 1.54) is 25.7 Å². The van der Waals surface area contributed by atoms with Gasteiger partial charge in [0.15, 0.2) is 5.78 Å². The summed E-state index contributed by atoms with van der Waals surface area (Å²) in [4.78, 5) is 13.2. The summed E-state index contributed by atoms with van der Waals surface area (Å²) in [6.07, 6.45) is 13.5. The van der Waals surface area contributed by atoms with E-state index in [0.29, 0.717) is 36.5 Å². The molecule has 4 aliphatic carbocycles. The molecule has 5 rings (SSSR count). The van der Waals surface area contributed by atoms with Gasteiger partial charge >= 0.3 is 0 Å². The van der Waals surface area contributed by atoms with E-state index < -0.39 is 5.60 Å². The van der Waals surface area contributed by atoms with Crippen LogP contribution in [-0.2, 0) is 11.3 Å². The Balaban J connectivity index is 1.27. The number of Topliss-reactive ketones (excluding diaryl/α,β-unsaturated/α-hetero) is 1. The van der Waals surface area contributed by atoms with E-state index in [1.54, 1.807) is 17.1 Å².